The summed E-state index contributed by atoms with van der Waals surface area (Å²) in [6, 6.07) is 8.98. The fourth-order valence-corrected chi connectivity index (χ4v) is 4.66. The molecule has 0 aliphatic carbocycles. The molecule has 0 unspecified atom stereocenters. The zero-order valence-corrected chi connectivity index (χ0v) is 19.7. The molecular weight excluding hydrogens is 485 g/mol. The van der Waals surface area contributed by atoms with Gasteiger partial charge in [0.15, 0.2) is 11.5 Å². The second kappa shape index (κ2) is 10.5. The summed E-state index contributed by atoms with van der Waals surface area (Å²) >= 11 is 0.977. The fraction of sp³-hybridized carbons (Fsp3) is 0.333. The molecule has 7 nitrogen and oxygen atoms in total. The molecule has 0 aromatic heterocycles. The van der Waals surface area contributed by atoms with Crippen LogP contribution in [0.5, 0.6) is 11.5 Å². The van der Waals surface area contributed by atoms with Gasteiger partial charge in [-0.2, -0.15) is 13.2 Å². The van der Waals surface area contributed by atoms with Crippen molar-refractivity contribution in [2.75, 3.05) is 46.5 Å². The maximum Gasteiger partial charge on any atom is 0.417 e. The molecule has 1 fully saturated rings. The largest absolute Gasteiger partial charge is 0.486 e. The lowest BCUT2D eigenvalue weighted by Crippen LogP contribution is -2.50. The zero-order valence-electron chi connectivity index (χ0n) is 18.8. The summed E-state index contributed by atoms with van der Waals surface area (Å²) in [6.45, 7) is 2.11. The molecule has 2 aliphatic heterocycles. The van der Waals surface area contributed by atoms with Gasteiger partial charge in [-0.3, -0.25) is 4.79 Å². The van der Waals surface area contributed by atoms with E-state index in [-0.39, 0.29) is 16.4 Å². The summed E-state index contributed by atoms with van der Waals surface area (Å²) < 4.78 is 57.1. The van der Waals surface area contributed by atoms with Gasteiger partial charge in [-0.15, -0.1) is 0 Å². The van der Waals surface area contributed by atoms with E-state index in [1.807, 2.05) is 0 Å². The predicted molar refractivity (Wildman–Crippen MR) is 123 cm³/mol. The number of halogens is 3. The van der Waals surface area contributed by atoms with E-state index in [4.69, 9.17) is 9.47 Å². The first-order valence-corrected chi connectivity index (χ1v) is 11.6. The molecule has 2 heterocycles. The third-order valence-corrected chi connectivity index (χ3v) is 6.56. The van der Waals surface area contributed by atoms with Crippen molar-refractivity contribution in [3.63, 3.8) is 0 Å². The number of ether oxygens (including phenoxy) is 3. The minimum Gasteiger partial charge on any atom is -0.486 e. The number of hydrogen-bond acceptors (Lipinski definition) is 6. The highest BCUT2D eigenvalue weighted by atomic mass is 32.2. The molecule has 2 aliphatic rings. The Morgan fingerprint density at radius 1 is 0.971 bits per heavy atom. The van der Waals surface area contributed by atoms with Crippen LogP contribution in [0.25, 0.3) is 6.08 Å². The van der Waals surface area contributed by atoms with Gasteiger partial charge in [-0.05, 0) is 42.0 Å². The van der Waals surface area contributed by atoms with E-state index < -0.39 is 17.8 Å². The van der Waals surface area contributed by atoms with E-state index in [0.29, 0.717) is 55.8 Å². The van der Waals surface area contributed by atoms with Crippen molar-refractivity contribution in [2.24, 2.45) is 0 Å². The predicted octanol–water partition coefficient (Wildman–Crippen LogP) is 4.55. The molecule has 11 heteroatoms. The molecule has 186 valence electrons. The summed E-state index contributed by atoms with van der Waals surface area (Å²) in [4.78, 5) is 27.7. The first kappa shape index (κ1) is 24.8. The van der Waals surface area contributed by atoms with Crippen LogP contribution in [-0.2, 0) is 15.7 Å². The van der Waals surface area contributed by atoms with Crippen molar-refractivity contribution in [2.45, 2.75) is 16.0 Å². The average Bonchev–Trinajstić information content (AvgIpc) is 2.86. The van der Waals surface area contributed by atoms with Crippen LogP contribution >= 0.6 is 11.8 Å². The minimum absolute atomic E-state index is 0.0385. The smallest absolute Gasteiger partial charge is 0.417 e. The number of amides is 2. The van der Waals surface area contributed by atoms with Gasteiger partial charge in [0, 0.05) is 42.0 Å². The first-order chi connectivity index (χ1) is 16.7. The number of piperazine rings is 1. The first-order valence-electron chi connectivity index (χ1n) is 10.8. The van der Waals surface area contributed by atoms with E-state index >= 15 is 0 Å². The number of carbonyl (C=O) groups is 2. The van der Waals surface area contributed by atoms with Crippen LogP contribution in [0.2, 0.25) is 0 Å². The van der Waals surface area contributed by atoms with Gasteiger partial charge in [0.05, 0.1) is 12.7 Å². The van der Waals surface area contributed by atoms with E-state index in [1.54, 1.807) is 18.2 Å². The standard InChI is InChI=1S/C24H23F3N2O5S/c1-32-23(31)29-10-8-28(9-11-29)22(30)7-3-16-2-6-21(18(14-16)24(25,26)27)35-17-4-5-19-20(15-17)34-13-12-33-19/h2-7,14-15H,8-13H2,1H3/b7-3+. The maximum absolute atomic E-state index is 13.8. The molecule has 0 radical (unpaired) electrons. The van der Waals surface area contributed by atoms with Gasteiger partial charge in [-0.25, -0.2) is 4.79 Å². The second-order valence-corrected chi connectivity index (χ2v) is 8.89. The lowest BCUT2D eigenvalue weighted by atomic mass is 10.1. The van der Waals surface area contributed by atoms with E-state index in [0.717, 1.165) is 17.8 Å². The van der Waals surface area contributed by atoms with Crippen LogP contribution in [0.15, 0.2) is 52.3 Å². The Labute approximate surface area is 204 Å². The Balaban J connectivity index is 1.46. The van der Waals surface area contributed by atoms with Crippen molar-refractivity contribution >= 4 is 29.8 Å². The molecule has 0 N–H and O–H groups in total. The van der Waals surface area contributed by atoms with E-state index in [2.05, 4.69) is 4.74 Å². The van der Waals surface area contributed by atoms with Gasteiger partial charge in [0.1, 0.15) is 13.2 Å². The van der Waals surface area contributed by atoms with Crippen molar-refractivity contribution in [3.05, 3.63) is 53.6 Å². The van der Waals surface area contributed by atoms with Gasteiger partial charge < -0.3 is 24.0 Å². The molecule has 35 heavy (non-hydrogen) atoms. The normalized spacial score (nSPS) is 15.9. The van der Waals surface area contributed by atoms with E-state index in [9.17, 15) is 22.8 Å². The number of alkyl halides is 3. The highest BCUT2D eigenvalue weighted by Crippen LogP contribution is 2.42. The van der Waals surface area contributed by atoms with Crippen molar-refractivity contribution in [1.82, 2.24) is 9.80 Å². The van der Waals surface area contributed by atoms with Crippen LogP contribution in [-0.4, -0.2) is 68.3 Å². The molecule has 2 aromatic rings. The summed E-state index contributed by atoms with van der Waals surface area (Å²) in [6.07, 6.45) is -2.42. The third kappa shape index (κ3) is 6.02. The lowest BCUT2D eigenvalue weighted by molar-refractivity contribution is -0.139. The number of nitrogens with zero attached hydrogens (tertiary/aromatic N) is 2. The molecule has 2 aromatic carbocycles. The van der Waals surface area contributed by atoms with Crippen LogP contribution in [0.4, 0.5) is 18.0 Å². The Kier molecular flexibility index (Phi) is 7.44. The van der Waals surface area contributed by atoms with Gasteiger partial charge in [-0.1, -0.05) is 17.8 Å². The highest BCUT2D eigenvalue weighted by molar-refractivity contribution is 7.99. The fourth-order valence-electron chi connectivity index (χ4n) is 3.69. The number of rotatable bonds is 4. The quantitative estimate of drug-likeness (QED) is 0.565. The second-order valence-electron chi connectivity index (χ2n) is 7.78. The van der Waals surface area contributed by atoms with Crippen molar-refractivity contribution in [3.8, 4) is 11.5 Å². The number of methoxy groups -OCH3 is 1. The molecule has 0 saturated carbocycles. The van der Waals surface area contributed by atoms with Crippen LogP contribution < -0.4 is 9.47 Å². The Hall–Kier alpha value is -3.34. The molecule has 4 rings (SSSR count). The SMILES string of the molecule is COC(=O)N1CCN(C(=O)/C=C/c2ccc(Sc3ccc4c(c3)OCCO4)c(C(F)(F)F)c2)CC1. The monoisotopic (exact) mass is 508 g/mol. The molecule has 2 amide bonds. The third-order valence-electron chi connectivity index (χ3n) is 5.49. The Bertz CT molecular complexity index is 1130. The number of carbonyl (C=O) groups excluding carboxylic acids is 2. The van der Waals surface area contributed by atoms with Crippen molar-refractivity contribution < 1.29 is 37.0 Å². The van der Waals surface area contributed by atoms with Gasteiger partial charge in [0.2, 0.25) is 5.91 Å². The minimum atomic E-state index is -4.58. The Morgan fingerprint density at radius 2 is 1.66 bits per heavy atom. The molecule has 0 spiro atoms. The summed E-state index contributed by atoms with van der Waals surface area (Å²) in [5.74, 6) is 0.728. The van der Waals surface area contributed by atoms with Gasteiger partial charge >= 0.3 is 12.3 Å². The van der Waals surface area contributed by atoms with Crippen LogP contribution in [0.3, 0.4) is 0 Å². The molecule has 1 saturated heterocycles. The summed E-state index contributed by atoms with van der Waals surface area (Å²) in [7, 11) is 1.29. The highest BCUT2D eigenvalue weighted by Gasteiger charge is 2.34. The summed E-state index contributed by atoms with van der Waals surface area (Å²) in [5.41, 5.74) is -0.538. The van der Waals surface area contributed by atoms with Gasteiger partial charge in [0.25, 0.3) is 0 Å². The maximum atomic E-state index is 13.8. The number of fused-ring (bicyclic) bond motifs is 1. The zero-order chi connectivity index (χ0) is 25.0. The van der Waals surface area contributed by atoms with Crippen LogP contribution in [0.1, 0.15) is 11.1 Å². The summed E-state index contributed by atoms with van der Waals surface area (Å²) in [5, 5.41) is 0. The average molecular weight is 509 g/mol. The molecule has 0 atom stereocenters. The lowest BCUT2D eigenvalue weighted by Gasteiger charge is -2.33. The van der Waals surface area contributed by atoms with E-state index in [1.165, 1.54) is 41.2 Å². The molecular formula is C24H23F3N2O5S. The molecule has 0 bridgehead atoms. The van der Waals surface area contributed by atoms with Crippen molar-refractivity contribution in [1.29, 1.82) is 0 Å². The topological polar surface area (TPSA) is 68.3 Å². The number of benzene rings is 2. The van der Waals surface area contributed by atoms with Crippen LogP contribution in [0, 0.1) is 0 Å². The Morgan fingerprint density at radius 3 is 2.34 bits per heavy atom. The number of hydrogen-bond donors (Lipinski definition) is 0.